The van der Waals surface area contributed by atoms with Crippen LogP contribution in [0.1, 0.15) is 40.6 Å². The molecule has 1 saturated heterocycles. The zero-order chi connectivity index (χ0) is 24.1. The van der Waals surface area contributed by atoms with E-state index in [-0.39, 0.29) is 28.2 Å². The molecule has 2 aromatic carbocycles. The van der Waals surface area contributed by atoms with Crippen LogP contribution in [0.2, 0.25) is 0 Å². The van der Waals surface area contributed by atoms with E-state index in [2.05, 4.69) is 14.9 Å². The summed E-state index contributed by atoms with van der Waals surface area (Å²) < 4.78 is 39.6. The number of benzene rings is 2. The predicted molar refractivity (Wildman–Crippen MR) is 130 cm³/mol. The third-order valence-electron chi connectivity index (χ3n) is 5.93. The van der Waals surface area contributed by atoms with Crippen molar-refractivity contribution >= 4 is 21.6 Å². The van der Waals surface area contributed by atoms with Gasteiger partial charge < -0.3 is 14.5 Å². The zero-order valence-electron chi connectivity index (χ0n) is 19.3. The van der Waals surface area contributed by atoms with Crippen LogP contribution >= 0.6 is 0 Å². The van der Waals surface area contributed by atoms with Crippen LogP contribution in [-0.2, 0) is 10.0 Å². The molecule has 0 bridgehead atoms. The molecular weight excluding hydrogens is 454 g/mol. The van der Waals surface area contributed by atoms with E-state index in [1.165, 1.54) is 19.2 Å². The second-order valence-corrected chi connectivity index (χ2v) is 9.97. The SMILES string of the molecule is COc1ccc(C(=O)NCC(c2ccco2)N2CCCC2)cc1S(=O)(=O)Nc1ccc(C)cc1. The Morgan fingerprint density at radius 3 is 2.50 bits per heavy atom. The molecule has 3 aromatic rings. The number of amides is 1. The monoisotopic (exact) mass is 483 g/mol. The van der Waals surface area contributed by atoms with Gasteiger partial charge >= 0.3 is 0 Å². The number of hydrogen-bond donors (Lipinski definition) is 2. The first kappa shape index (κ1) is 23.8. The highest BCUT2D eigenvalue weighted by atomic mass is 32.2. The van der Waals surface area contributed by atoms with E-state index in [9.17, 15) is 13.2 Å². The van der Waals surface area contributed by atoms with E-state index >= 15 is 0 Å². The molecule has 8 nitrogen and oxygen atoms in total. The van der Waals surface area contributed by atoms with Crippen LogP contribution in [0.4, 0.5) is 5.69 Å². The maximum atomic E-state index is 13.1. The summed E-state index contributed by atoms with van der Waals surface area (Å²) in [6, 6.07) is 15.0. The number of aryl methyl sites for hydroxylation is 1. The van der Waals surface area contributed by atoms with Crippen molar-refractivity contribution in [2.75, 3.05) is 31.5 Å². The third-order valence-corrected chi connectivity index (χ3v) is 7.33. The molecule has 1 atom stereocenters. The molecule has 1 fully saturated rings. The number of carbonyl (C=O) groups excluding carboxylic acids is 1. The Morgan fingerprint density at radius 1 is 1.12 bits per heavy atom. The minimum Gasteiger partial charge on any atom is -0.495 e. The Hall–Kier alpha value is -3.30. The molecule has 9 heteroatoms. The predicted octanol–water partition coefficient (Wildman–Crippen LogP) is 3.96. The average molecular weight is 484 g/mol. The van der Waals surface area contributed by atoms with Crippen molar-refractivity contribution in [2.45, 2.75) is 30.7 Å². The van der Waals surface area contributed by atoms with E-state index in [1.807, 2.05) is 31.2 Å². The number of furan rings is 1. The highest BCUT2D eigenvalue weighted by Gasteiger charge is 2.27. The van der Waals surface area contributed by atoms with Gasteiger partial charge in [-0.3, -0.25) is 14.4 Å². The van der Waals surface area contributed by atoms with E-state index in [0.717, 1.165) is 37.3 Å². The summed E-state index contributed by atoms with van der Waals surface area (Å²) in [5.41, 5.74) is 1.67. The first-order valence-corrected chi connectivity index (χ1v) is 12.7. The van der Waals surface area contributed by atoms with Gasteiger partial charge in [0, 0.05) is 17.8 Å². The van der Waals surface area contributed by atoms with Crippen molar-refractivity contribution in [3.8, 4) is 5.75 Å². The molecule has 1 aromatic heterocycles. The number of ether oxygens (including phenoxy) is 1. The number of carbonyl (C=O) groups is 1. The first-order chi connectivity index (χ1) is 16.4. The fourth-order valence-electron chi connectivity index (χ4n) is 4.09. The van der Waals surface area contributed by atoms with E-state index in [4.69, 9.17) is 9.15 Å². The lowest BCUT2D eigenvalue weighted by atomic mass is 10.1. The lowest BCUT2D eigenvalue weighted by molar-refractivity contribution is 0.0933. The number of nitrogens with zero attached hydrogens (tertiary/aromatic N) is 1. The summed E-state index contributed by atoms with van der Waals surface area (Å²) in [4.78, 5) is 15.2. The smallest absolute Gasteiger partial charge is 0.265 e. The molecule has 1 aliphatic heterocycles. The van der Waals surface area contributed by atoms with Gasteiger partial charge in [0.2, 0.25) is 0 Å². The van der Waals surface area contributed by atoms with Crippen LogP contribution in [-0.4, -0.2) is 46.0 Å². The summed E-state index contributed by atoms with van der Waals surface area (Å²) in [6.45, 7) is 4.15. The number of nitrogens with one attached hydrogen (secondary N) is 2. The van der Waals surface area contributed by atoms with Crippen LogP contribution in [0, 0.1) is 6.92 Å². The summed E-state index contributed by atoms with van der Waals surface area (Å²) in [5, 5.41) is 2.94. The lowest BCUT2D eigenvalue weighted by Gasteiger charge is -2.26. The molecule has 0 radical (unpaired) electrons. The number of methoxy groups -OCH3 is 1. The van der Waals surface area contributed by atoms with Crippen LogP contribution in [0.25, 0.3) is 0 Å². The standard InChI is InChI=1S/C25H29N3O5S/c1-18-7-10-20(11-8-18)27-34(30,31)24-16-19(9-12-23(24)32-2)25(29)26-17-21(22-6-5-15-33-22)28-13-3-4-14-28/h5-12,15-16,21,27H,3-4,13-14,17H2,1-2H3,(H,26,29). The Bertz CT molecular complexity index is 1220. The van der Waals surface area contributed by atoms with Gasteiger partial charge in [-0.25, -0.2) is 8.42 Å². The normalized spacial score (nSPS) is 15.1. The highest BCUT2D eigenvalue weighted by Crippen LogP contribution is 2.28. The van der Waals surface area contributed by atoms with E-state index < -0.39 is 10.0 Å². The topological polar surface area (TPSA) is 101 Å². The number of anilines is 1. The molecule has 34 heavy (non-hydrogen) atoms. The second kappa shape index (κ2) is 10.3. The molecule has 0 saturated carbocycles. The minimum absolute atomic E-state index is 0.0777. The van der Waals surface area contributed by atoms with Gasteiger partial charge in [-0.15, -0.1) is 0 Å². The van der Waals surface area contributed by atoms with Crippen molar-refractivity contribution < 1.29 is 22.4 Å². The molecular formula is C25H29N3O5S. The summed E-state index contributed by atoms with van der Waals surface area (Å²) >= 11 is 0. The fraction of sp³-hybridized carbons (Fsp3) is 0.320. The van der Waals surface area contributed by atoms with E-state index in [0.29, 0.717) is 12.2 Å². The molecule has 1 amide bonds. The molecule has 4 rings (SSSR count). The third kappa shape index (κ3) is 5.43. The molecule has 1 aliphatic rings. The summed E-state index contributed by atoms with van der Waals surface area (Å²) in [6.07, 6.45) is 3.85. The number of hydrogen-bond acceptors (Lipinski definition) is 6. The van der Waals surface area contributed by atoms with Crippen molar-refractivity contribution in [2.24, 2.45) is 0 Å². The molecule has 180 valence electrons. The molecule has 1 unspecified atom stereocenters. The molecule has 0 aliphatic carbocycles. The summed E-state index contributed by atoms with van der Waals surface area (Å²) in [5.74, 6) is 0.578. The molecule has 2 N–H and O–H groups in total. The van der Waals surface area contributed by atoms with Crippen LogP contribution in [0.15, 0.2) is 70.2 Å². The number of likely N-dealkylation sites (tertiary alicyclic amines) is 1. The van der Waals surface area contributed by atoms with Gasteiger partial charge in [0.1, 0.15) is 16.4 Å². The first-order valence-electron chi connectivity index (χ1n) is 11.2. The van der Waals surface area contributed by atoms with Crippen molar-refractivity contribution in [3.05, 3.63) is 77.7 Å². The Morgan fingerprint density at radius 2 is 1.85 bits per heavy atom. The Balaban J connectivity index is 1.53. The maximum absolute atomic E-state index is 13.1. The van der Waals surface area contributed by atoms with Crippen LogP contribution in [0.5, 0.6) is 5.75 Å². The van der Waals surface area contributed by atoms with Gasteiger partial charge in [0.15, 0.2) is 0 Å². The second-order valence-electron chi connectivity index (χ2n) is 8.32. The molecule has 2 heterocycles. The summed E-state index contributed by atoms with van der Waals surface area (Å²) in [7, 11) is -2.59. The maximum Gasteiger partial charge on any atom is 0.265 e. The average Bonchev–Trinajstić information content (AvgIpc) is 3.55. The van der Waals surface area contributed by atoms with Crippen molar-refractivity contribution in [3.63, 3.8) is 0 Å². The largest absolute Gasteiger partial charge is 0.495 e. The Labute approximate surface area is 200 Å². The number of sulfonamides is 1. The minimum atomic E-state index is -3.98. The number of rotatable bonds is 9. The van der Waals surface area contributed by atoms with Gasteiger partial charge in [-0.1, -0.05) is 17.7 Å². The van der Waals surface area contributed by atoms with Gasteiger partial charge in [-0.05, 0) is 75.3 Å². The van der Waals surface area contributed by atoms with Crippen LogP contribution < -0.4 is 14.8 Å². The van der Waals surface area contributed by atoms with Crippen molar-refractivity contribution in [1.82, 2.24) is 10.2 Å². The van der Waals surface area contributed by atoms with E-state index in [1.54, 1.807) is 24.5 Å². The quantitative estimate of drug-likeness (QED) is 0.478. The van der Waals surface area contributed by atoms with Gasteiger partial charge in [0.05, 0.1) is 19.4 Å². The van der Waals surface area contributed by atoms with Crippen molar-refractivity contribution in [1.29, 1.82) is 0 Å². The lowest BCUT2D eigenvalue weighted by Crippen LogP contribution is -2.36. The van der Waals surface area contributed by atoms with Crippen LogP contribution in [0.3, 0.4) is 0 Å². The van der Waals surface area contributed by atoms with Gasteiger partial charge in [0.25, 0.3) is 15.9 Å². The Kier molecular flexibility index (Phi) is 7.23. The van der Waals surface area contributed by atoms with Gasteiger partial charge in [-0.2, -0.15) is 0 Å². The highest BCUT2D eigenvalue weighted by molar-refractivity contribution is 7.92. The fourth-order valence-corrected chi connectivity index (χ4v) is 5.35. The molecule has 0 spiro atoms. The zero-order valence-corrected chi connectivity index (χ0v) is 20.1.